The first kappa shape index (κ1) is 34.1. The average Bonchev–Trinajstić information content (AvgIpc) is 2.99. The third-order valence-electron chi connectivity index (χ3n) is 7.04. The van der Waals surface area contributed by atoms with Crippen LogP contribution in [0.3, 0.4) is 0 Å². The number of nitrogens with two attached hydrogens (primary N) is 1. The van der Waals surface area contributed by atoms with Crippen molar-refractivity contribution in [2.45, 2.75) is 92.0 Å². The van der Waals surface area contributed by atoms with E-state index >= 15 is 0 Å². The van der Waals surface area contributed by atoms with Crippen LogP contribution in [0.25, 0.3) is 0 Å². The quantitative estimate of drug-likeness (QED) is 0.404. The van der Waals surface area contributed by atoms with Crippen LogP contribution in [-0.4, -0.2) is 72.1 Å². The van der Waals surface area contributed by atoms with E-state index in [1.54, 1.807) is 34.3 Å². The van der Waals surface area contributed by atoms with E-state index in [-0.39, 0.29) is 30.0 Å². The standard InChI is InChI=1S/C21H26N4O3.C12H18N4O2/c1-5-14-6-8-15(9-7-14)18(26)24-19-22-12-16-13-25(11-10-17(16)23-19)20(27)28-21(2,3)4;1-12(2,3)18-11(17)16-5-4-9-8(7-16)6-14-10(13)15-9/h6-9,12H,5,10-11,13H2,1-4H3,(H,22,23,24,26);6H,4-5,7H2,1-3H3,(H2,13,14,15). The van der Waals surface area contributed by atoms with E-state index in [0.717, 1.165) is 28.9 Å². The molecule has 13 heteroatoms. The molecule has 0 aliphatic carbocycles. The monoisotopic (exact) mass is 632 g/mol. The molecule has 46 heavy (non-hydrogen) atoms. The molecule has 2 aromatic heterocycles. The highest BCUT2D eigenvalue weighted by Gasteiger charge is 2.28. The van der Waals surface area contributed by atoms with E-state index in [0.29, 0.717) is 44.6 Å². The largest absolute Gasteiger partial charge is 0.444 e. The summed E-state index contributed by atoms with van der Waals surface area (Å²) in [7, 11) is 0. The van der Waals surface area contributed by atoms with Crippen molar-refractivity contribution < 1.29 is 23.9 Å². The van der Waals surface area contributed by atoms with Crippen LogP contribution in [-0.2, 0) is 41.8 Å². The van der Waals surface area contributed by atoms with Crippen LogP contribution < -0.4 is 11.1 Å². The molecule has 3 aromatic rings. The first-order valence-corrected chi connectivity index (χ1v) is 15.4. The van der Waals surface area contributed by atoms with Crippen molar-refractivity contribution in [2.24, 2.45) is 0 Å². The van der Waals surface area contributed by atoms with Crippen molar-refractivity contribution in [3.63, 3.8) is 0 Å². The van der Waals surface area contributed by atoms with E-state index in [2.05, 4.69) is 32.2 Å². The SMILES string of the molecule is CC(C)(C)OC(=O)N1CCc2nc(N)ncc2C1.CCc1ccc(C(=O)Nc2ncc3c(n2)CCN(C(=O)OC(C)(C)C)C3)cc1. The second-order valence-corrected chi connectivity index (χ2v) is 13.2. The van der Waals surface area contributed by atoms with Gasteiger partial charge >= 0.3 is 12.2 Å². The van der Waals surface area contributed by atoms with Crippen LogP contribution in [0, 0.1) is 0 Å². The Labute approximate surface area is 269 Å². The number of hydrogen-bond acceptors (Lipinski definition) is 10. The number of anilines is 2. The number of aromatic nitrogens is 4. The maximum Gasteiger partial charge on any atom is 0.410 e. The number of fused-ring (bicyclic) bond motifs is 2. The molecule has 0 unspecified atom stereocenters. The Kier molecular flexibility index (Phi) is 10.4. The van der Waals surface area contributed by atoms with Crippen LogP contribution in [0.2, 0.25) is 0 Å². The lowest BCUT2D eigenvalue weighted by atomic mass is 10.1. The maximum absolute atomic E-state index is 12.4. The topological polar surface area (TPSA) is 166 Å². The van der Waals surface area contributed by atoms with Crippen LogP contribution in [0.4, 0.5) is 21.5 Å². The number of aryl methyl sites for hydroxylation is 1. The van der Waals surface area contributed by atoms with Gasteiger partial charge in [0.15, 0.2) is 0 Å². The van der Waals surface area contributed by atoms with Gasteiger partial charge in [0.25, 0.3) is 5.91 Å². The summed E-state index contributed by atoms with van der Waals surface area (Å²) in [5.74, 6) is 0.308. The summed E-state index contributed by atoms with van der Waals surface area (Å²) in [6.07, 6.45) is 4.89. The molecule has 0 fully saturated rings. The number of amides is 3. The minimum Gasteiger partial charge on any atom is -0.444 e. The zero-order valence-corrected chi connectivity index (χ0v) is 27.7. The van der Waals surface area contributed by atoms with Crippen molar-refractivity contribution in [2.75, 3.05) is 24.1 Å². The summed E-state index contributed by atoms with van der Waals surface area (Å²) in [5, 5.41) is 2.74. The van der Waals surface area contributed by atoms with E-state index in [1.807, 2.05) is 53.7 Å². The number of carbonyl (C=O) groups excluding carboxylic acids is 3. The highest BCUT2D eigenvalue weighted by Crippen LogP contribution is 2.21. The third kappa shape index (κ3) is 9.59. The average molecular weight is 633 g/mol. The van der Waals surface area contributed by atoms with Crippen molar-refractivity contribution in [3.8, 4) is 0 Å². The van der Waals surface area contributed by atoms with Crippen molar-refractivity contribution >= 4 is 30.0 Å². The number of nitrogen functional groups attached to an aromatic ring is 1. The molecule has 0 spiro atoms. The molecule has 0 atom stereocenters. The highest BCUT2D eigenvalue weighted by atomic mass is 16.6. The number of nitrogens with one attached hydrogen (secondary N) is 1. The number of rotatable bonds is 3. The first-order valence-electron chi connectivity index (χ1n) is 15.4. The summed E-state index contributed by atoms with van der Waals surface area (Å²) >= 11 is 0. The van der Waals surface area contributed by atoms with Gasteiger partial charge in [0.05, 0.1) is 24.5 Å². The molecule has 0 saturated heterocycles. The molecule has 1 aromatic carbocycles. The van der Waals surface area contributed by atoms with Gasteiger partial charge in [-0.3, -0.25) is 10.1 Å². The predicted octanol–water partition coefficient (Wildman–Crippen LogP) is 4.94. The maximum atomic E-state index is 12.4. The molecule has 3 amide bonds. The van der Waals surface area contributed by atoms with Gasteiger partial charge in [-0.05, 0) is 65.7 Å². The molecule has 3 N–H and O–H groups in total. The number of benzene rings is 1. The summed E-state index contributed by atoms with van der Waals surface area (Å²) in [4.78, 5) is 56.7. The molecule has 2 aliphatic rings. The fourth-order valence-electron chi connectivity index (χ4n) is 4.74. The molecular formula is C33H44N8O5. The fourth-order valence-corrected chi connectivity index (χ4v) is 4.74. The van der Waals surface area contributed by atoms with Gasteiger partial charge < -0.3 is 25.0 Å². The second-order valence-electron chi connectivity index (χ2n) is 13.2. The van der Waals surface area contributed by atoms with Gasteiger partial charge in [-0.25, -0.2) is 29.5 Å². The van der Waals surface area contributed by atoms with Gasteiger partial charge in [0.2, 0.25) is 11.9 Å². The van der Waals surface area contributed by atoms with E-state index in [4.69, 9.17) is 15.2 Å². The summed E-state index contributed by atoms with van der Waals surface area (Å²) < 4.78 is 10.8. The Hall–Kier alpha value is -4.81. The molecule has 2 aliphatic heterocycles. The molecule has 5 rings (SSSR count). The number of hydrogen-bond donors (Lipinski definition) is 2. The molecule has 0 radical (unpaired) electrons. The summed E-state index contributed by atoms with van der Waals surface area (Å²) in [6, 6.07) is 7.47. The lowest BCUT2D eigenvalue weighted by Gasteiger charge is -2.30. The van der Waals surface area contributed by atoms with E-state index in [9.17, 15) is 14.4 Å². The number of ether oxygens (including phenoxy) is 2. The smallest absolute Gasteiger partial charge is 0.410 e. The molecule has 13 nitrogen and oxygen atoms in total. The minimum absolute atomic E-state index is 0.242. The van der Waals surface area contributed by atoms with Gasteiger partial charge in [0, 0.05) is 55.0 Å². The third-order valence-corrected chi connectivity index (χ3v) is 7.04. The number of carbonyl (C=O) groups is 3. The van der Waals surface area contributed by atoms with Crippen LogP contribution in [0.15, 0.2) is 36.7 Å². The molecular weight excluding hydrogens is 588 g/mol. The van der Waals surface area contributed by atoms with Crippen LogP contribution in [0.1, 0.15) is 86.9 Å². The fraction of sp³-hybridized carbons (Fsp3) is 0.485. The van der Waals surface area contributed by atoms with Crippen LogP contribution >= 0.6 is 0 Å². The van der Waals surface area contributed by atoms with E-state index < -0.39 is 11.2 Å². The Bertz CT molecular complexity index is 1560. The van der Waals surface area contributed by atoms with Crippen LogP contribution in [0.5, 0.6) is 0 Å². The Morgan fingerprint density at radius 3 is 1.80 bits per heavy atom. The lowest BCUT2D eigenvalue weighted by molar-refractivity contribution is 0.0212. The van der Waals surface area contributed by atoms with Gasteiger partial charge in [-0.2, -0.15) is 0 Å². The van der Waals surface area contributed by atoms with Crippen molar-refractivity contribution in [1.82, 2.24) is 29.7 Å². The Morgan fingerprint density at radius 2 is 1.30 bits per heavy atom. The normalized spacial score (nSPS) is 14.2. The molecule has 0 bridgehead atoms. The van der Waals surface area contributed by atoms with Gasteiger partial charge in [-0.15, -0.1) is 0 Å². The Morgan fingerprint density at radius 1 is 0.804 bits per heavy atom. The predicted molar refractivity (Wildman–Crippen MR) is 173 cm³/mol. The van der Waals surface area contributed by atoms with Gasteiger partial charge in [-0.1, -0.05) is 19.1 Å². The molecule has 0 saturated carbocycles. The molecule has 4 heterocycles. The summed E-state index contributed by atoms with van der Waals surface area (Å²) in [5.41, 5.74) is 9.82. The lowest BCUT2D eigenvalue weighted by Crippen LogP contribution is -2.40. The highest BCUT2D eigenvalue weighted by molar-refractivity contribution is 6.03. The number of nitrogens with zero attached hydrogens (tertiary/aromatic N) is 6. The summed E-state index contributed by atoms with van der Waals surface area (Å²) in [6.45, 7) is 15.2. The van der Waals surface area contributed by atoms with Gasteiger partial charge in [0.1, 0.15) is 11.2 Å². The Balaban J connectivity index is 0.000000230. The van der Waals surface area contributed by atoms with E-state index in [1.165, 1.54) is 5.56 Å². The second kappa shape index (κ2) is 14.1. The first-order chi connectivity index (χ1) is 21.6. The molecule has 246 valence electrons. The van der Waals surface area contributed by atoms with Crippen molar-refractivity contribution in [1.29, 1.82) is 0 Å². The zero-order valence-electron chi connectivity index (χ0n) is 27.7. The minimum atomic E-state index is -0.530. The van der Waals surface area contributed by atoms with Crippen molar-refractivity contribution in [3.05, 3.63) is 70.3 Å². The zero-order chi connectivity index (χ0) is 33.6.